The second-order valence-corrected chi connectivity index (χ2v) is 4.39. The number of nitrogens with one attached hydrogen (secondary N) is 1. The third-order valence-electron chi connectivity index (χ3n) is 3.08. The molecule has 0 aromatic heterocycles. The molecule has 1 heterocycles. The van der Waals surface area contributed by atoms with Crippen molar-refractivity contribution in [2.24, 2.45) is 0 Å². The van der Waals surface area contributed by atoms with E-state index >= 15 is 0 Å². The lowest BCUT2D eigenvalue weighted by Crippen LogP contribution is -2.33. The van der Waals surface area contributed by atoms with Gasteiger partial charge in [0, 0.05) is 11.6 Å². The summed E-state index contributed by atoms with van der Waals surface area (Å²) < 4.78 is 32.1. The van der Waals surface area contributed by atoms with Gasteiger partial charge in [-0.25, -0.2) is 8.78 Å². The van der Waals surface area contributed by atoms with Crippen molar-refractivity contribution in [3.05, 3.63) is 35.4 Å². The third-order valence-corrected chi connectivity index (χ3v) is 3.08. The van der Waals surface area contributed by atoms with Crippen LogP contribution in [0, 0.1) is 11.6 Å². The molecule has 1 aliphatic rings. The molecule has 2 rings (SSSR count). The minimum Gasteiger partial charge on any atom is -0.370 e. The van der Waals surface area contributed by atoms with Gasteiger partial charge in [0.2, 0.25) is 0 Å². The molecule has 0 aliphatic carbocycles. The molecule has 4 heteroatoms. The molecule has 0 amide bonds. The lowest BCUT2D eigenvalue weighted by molar-refractivity contribution is -0.0201. The molecule has 0 bridgehead atoms. The van der Waals surface area contributed by atoms with E-state index in [2.05, 4.69) is 5.32 Å². The largest absolute Gasteiger partial charge is 0.370 e. The second kappa shape index (κ2) is 5.56. The Morgan fingerprint density at radius 3 is 2.65 bits per heavy atom. The molecule has 2 nitrogen and oxygen atoms in total. The van der Waals surface area contributed by atoms with Crippen LogP contribution in [0.25, 0.3) is 0 Å². The number of rotatable bonds is 3. The van der Waals surface area contributed by atoms with Gasteiger partial charge in [-0.05, 0) is 38.9 Å². The number of hydrogen-bond acceptors (Lipinski definition) is 2. The molecule has 1 saturated heterocycles. The minimum atomic E-state index is -0.555. The predicted molar refractivity (Wildman–Crippen MR) is 61.7 cm³/mol. The molecule has 0 radical (unpaired) electrons. The van der Waals surface area contributed by atoms with Crippen LogP contribution in [0.15, 0.2) is 18.2 Å². The first-order chi connectivity index (χ1) is 8.16. The highest BCUT2D eigenvalue weighted by molar-refractivity contribution is 5.20. The van der Waals surface area contributed by atoms with Crippen LogP contribution in [-0.2, 0) is 4.74 Å². The quantitative estimate of drug-likeness (QED) is 0.878. The zero-order chi connectivity index (χ0) is 12.3. The van der Waals surface area contributed by atoms with Crippen LogP contribution >= 0.6 is 0 Å². The van der Waals surface area contributed by atoms with E-state index < -0.39 is 11.6 Å². The van der Waals surface area contributed by atoms with Crippen molar-refractivity contribution in [1.82, 2.24) is 5.32 Å². The van der Waals surface area contributed by atoms with E-state index in [1.165, 1.54) is 12.1 Å². The number of ether oxygens (including phenoxy) is 1. The minimum absolute atomic E-state index is 0.163. The topological polar surface area (TPSA) is 21.3 Å². The van der Waals surface area contributed by atoms with Gasteiger partial charge in [-0.15, -0.1) is 0 Å². The Hall–Kier alpha value is -1.00. The SMILES string of the molecule is CC(OC1CCNCC1)c1ccc(F)cc1F. The van der Waals surface area contributed by atoms with Crippen molar-refractivity contribution in [2.45, 2.75) is 32.0 Å². The zero-order valence-electron chi connectivity index (χ0n) is 9.88. The average molecular weight is 241 g/mol. The van der Waals surface area contributed by atoms with Crippen LogP contribution in [-0.4, -0.2) is 19.2 Å². The van der Waals surface area contributed by atoms with Gasteiger partial charge in [0.05, 0.1) is 12.2 Å². The molecule has 1 unspecified atom stereocenters. The standard InChI is InChI=1S/C13H17F2NO/c1-9(17-11-4-6-16-7-5-11)12-3-2-10(14)8-13(12)15/h2-3,8-9,11,16H,4-7H2,1H3. The van der Waals surface area contributed by atoms with Gasteiger partial charge in [0.1, 0.15) is 11.6 Å². The van der Waals surface area contributed by atoms with Gasteiger partial charge in [-0.2, -0.15) is 0 Å². The molecule has 0 spiro atoms. The normalized spacial score (nSPS) is 19.2. The Morgan fingerprint density at radius 1 is 1.29 bits per heavy atom. The molecule has 1 aromatic carbocycles. The van der Waals surface area contributed by atoms with E-state index in [1.807, 2.05) is 0 Å². The highest BCUT2D eigenvalue weighted by Gasteiger charge is 2.19. The van der Waals surface area contributed by atoms with Gasteiger partial charge < -0.3 is 10.1 Å². The lowest BCUT2D eigenvalue weighted by atomic mass is 10.1. The Labute approximate surface area is 100.0 Å². The van der Waals surface area contributed by atoms with Crippen LogP contribution in [0.4, 0.5) is 8.78 Å². The highest BCUT2D eigenvalue weighted by Crippen LogP contribution is 2.24. The van der Waals surface area contributed by atoms with Crippen LogP contribution in [0.1, 0.15) is 31.4 Å². The summed E-state index contributed by atoms with van der Waals surface area (Å²) in [7, 11) is 0. The third kappa shape index (κ3) is 3.23. The highest BCUT2D eigenvalue weighted by atomic mass is 19.1. The van der Waals surface area contributed by atoms with Crippen molar-refractivity contribution >= 4 is 0 Å². The monoisotopic (exact) mass is 241 g/mol. The lowest BCUT2D eigenvalue weighted by Gasteiger charge is -2.26. The smallest absolute Gasteiger partial charge is 0.131 e. The van der Waals surface area contributed by atoms with Gasteiger partial charge in [0.25, 0.3) is 0 Å². The van der Waals surface area contributed by atoms with E-state index in [9.17, 15) is 8.78 Å². The second-order valence-electron chi connectivity index (χ2n) is 4.39. The van der Waals surface area contributed by atoms with Crippen molar-refractivity contribution in [3.63, 3.8) is 0 Å². The molecule has 1 aromatic rings. The summed E-state index contributed by atoms with van der Waals surface area (Å²) in [5.41, 5.74) is 0.421. The van der Waals surface area contributed by atoms with Gasteiger partial charge >= 0.3 is 0 Å². The summed E-state index contributed by atoms with van der Waals surface area (Å²) in [5.74, 6) is -1.09. The molecule has 0 saturated carbocycles. The number of piperidine rings is 1. The van der Waals surface area contributed by atoms with Crippen LogP contribution in [0.3, 0.4) is 0 Å². The van der Waals surface area contributed by atoms with Crippen molar-refractivity contribution in [3.8, 4) is 0 Å². The summed E-state index contributed by atoms with van der Waals surface area (Å²) in [4.78, 5) is 0. The van der Waals surface area contributed by atoms with E-state index in [0.717, 1.165) is 32.0 Å². The predicted octanol–water partition coefficient (Wildman–Crippen LogP) is 2.79. The number of hydrogen-bond donors (Lipinski definition) is 1. The molecule has 1 N–H and O–H groups in total. The van der Waals surface area contributed by atoms with Crippen molar-refractivity contribution in [2.75, 3.05) is 13.1 Å². The first-order valence-electron chi connectivity index (χ1n) is 5.98. The fraction of sp³-hybridized carbons (Fsp3) is 0.538. The Bertz CT molecular complexity index is 378. The van der Waals surface area contributed by atoms with Gasteiger partial charge in [-0.3, -0.25) is 0 Å². The number of halogens is 2. The van der Waals surface area contributed by atoms with E-state index in [0.29, 0.717) is 5.56 Å². The van der Waals surface area contributed by atoms with Crippen LogP contribution in [0.2, 0.25) is 0 Å². The zero-order valence-corrected chi connectivity index (χ0v) is 9.88. The Kier molecular flexibility index (Phi) is 4.07. The molecule has 1 fully saturated rings. The maximum atomic E-state index is 13.5. The summed E-state index contributed by atoms with van der Waals surface area (Å²) in [6.45, 7) is 3.67. The van der Waals surface area contributed by atoms with E-state index in [1.54, 1.807) is 6.92 Å². The molecule has 1 atom stereocenters. The summed E-state index contributed by atoms with van der Waals surface area (Å²) in [6.07, 6.45) is 1.70. The molecule has 94 valence electrons. The summed E-state index contributed by atoms with van der Waals surface area (Å²) >= 11 is 0. The van der Waals surface area contributed by atoms with Crippen LogP contribution < -0.4 is 5.32 Å². The van der Waals surface area contributed by atoms with Crippen LogP contribution in [0.5, 0.6) is 0 Å². The summed E-state index contributed by atoms with van der Waals surface area (Å²) in [6, 6.07) is 3.62. The molecular weight excluding hydrogens is 224 g/mol. The number of benzene rings is 1. The van der Waals surface area contributed by atoms with Crippen molar-refractivity contribution < 1.29 is 13.5 Å². The summed E-state index contributed by atoms with van der Waals surface area (Å²) in [5, 5.41) is 3.24. The Morgan fingerprint density at radius 2 is 2.00 bits per heavy atom. The maximum Gasteiger partial charge on any atom is 0.131 e. The van der Waals surface area contributed by atoms with Gasteiger partial charge in [-0.1, -0.05) is 6.07 Å². The molecule has 1 aliphatic heterocycles. The first-order valence-corrected chi connectivity index (χ1v) is 5.98. The van der Waals surface area contributed by atoms with Crippen molar-refractivity contribution in [1.29, 1.82) is 0 Å². The Balaban J connectivity index is 2.00. The average Bonchev–Trinajstić information content (AvgIpc) is 2.30. The first kappa shape index (κ1) is 12.5. The maximum absolute atomic E-state index is 13.5. The fourth-order valence-electron chi connectivity index (χ4n) is 2.12. The van der Waals surface area contributed by atoms with E-state index in [4.69, 9.17) is 4.74 Å². The molecule has 17 heavy (non-hydrogen) atoms. The van der Waals surface area contributed by atoms with E-state index in [-0.39, 0.29) is 12.2 Å². The fourth-order valence-corrected chi connectivity index (χ4v) is 2.12. The van der Waals surface area contributed by atoms with Gasteiger partial charge in [0.15, 0.2) is 0 Å². The molecular formula is C13H17F2NO.